The summed E-state index contributed by atoms with van der Waals surface area (Å²) in [5.41, 5.74) is 4.82. The fraction of sp³-hybridized carbons (Fsp3) is 0.0500. The molecule has 0 saturated heterocycles. The molecular weight excluding hydrogens is 512 g/mol. The van der Waals surface area contributed by atoms with E-state index in [1.54, 1.807) is 14.2 Å². The molecule has 0 spiro atoms. The number of methoxy groups -OCH3 is 2. The molecule has 200 valence electrons. The Bertz CT molecular complexity index is 2130. The van der Waals surface area contributed by atoms with Gasteiger partial charge in [-0.05, 0) is 113 Å². The maximum Gasteiger partial charge on any atom is 0.118 e. The Labute approximate surface area is 244 Å². The summed E-state index contributed by atoms with van der Waals surface area (Å²) in [5, 5.41) is 12.7. The fourth-order valence-corrected chi connectivity index (χ4v) is 6.63. The molecule has 0 aliphatic carbocycles. The minimum absolute atomic E-state index is 0.863. The van der Waals surface area contributed by atoms with E-state index in [9.17, 15) is 0 Å². The lowest BCUT2D eigenvalue weighted by atomic mass is 9.86. The van der Waals surface area contributed by atoms with Crippen molar-refractivity contribution < 1.29 is 9.47 Å². The van der Waals surface area contributed by atoms with Gasteiger partial charge in [0, 0.05) is 0 Å². The van der Waals surface area contributed by atoms with Gasteiger partial charge in [0.25, 0.3) is 0 Å². The van der Waals surface area contributed by atoms with Crippen molar-refractivity contribution in [2.24, 2.45) is 0 Å². The van der Waals surface area contributed by atoms with E-state index in [4.69, 9.17) is 9.47 Å². The van der Waals surface area contributed by atoms with Gasteiger partial charge in [0.2, 0.25) is 0 Å². The molecule has 0 unspecified atom stereocenters. The van der Waals surface area contributed by atoms with Crippen LogP contribution in [0.5, 0.6) is 11.5 Å². The topological polar surface area (TPSA) is 18.5 Å². The second-order valence-electron chi connectivity index (χ2n) is 10.8. The molecule has 0 aromatic heterocycles. The van der Waals surface area contributed by atoms with E-state index < -0.39 is 0 Å². The molecule has 8 aromatic rings. The highest BCUT2D eigenvalue weighted by molar-refractivity contribution is 6.34. The van der Waals surface area contributed by atoms with Gasteiger partial charge >= 0.3 is 0 Å². The van der Waals surface area contributed by atoms with E-state index in [1.807, 2.05) is 24.3 Å². The fourth-order valence-electron chi connectivity index (χ4n) is 6.63. The summed E-state index contributed by atoms with van der Waals surface area (Å²) in [4.78, 5) is 0. The van der Waals surface area contributed by atoms with Crippen molar-refractivity contribution in [2.45, 2.75) is 0 Å². The van der Waals surface area contributed by atoms with Gasteiger partial charge in [0.05, 0.1) is 14.2 Å². The number of rotatable bonds is 4. The van der Waals surface area contributed by atoms with Gasteiger partial charge < -0.3 is 9.47 Å². The van der Waals surface area contributed by atoms with Crippen LogP contribution in [0, 0.1) is 0 Å². The monoisotopic (exact) mass is 540 g/mol. The lowest BCUT2D eigenvalue weighted by molar-refractivity contribution is 0.415. The number of ether oxygens (including phenoxy) is 2. The van der Waals surface area contributed by atoms with Crippen molar-refractivity contribution in [1.29, 1.82) is 0 Å². The smallest absolute Gasteiger partial charge is 0.118 e. The second-order valence-corrected chi connectivity index (χ2v) is 10.8. The Hall–Kier alpha value is -5.34. The van der Waals surface area contributed by atoms with Crippen LogP contribution in [0.15, 0.2) is 133 Å². The molecule has 0 amide bonds. The molecule has 0 aliphatic rings. The van der Waals surface area contributed by atoms with Crippen molar-refractivity contribution in [3.05, 3.63) is 133 Å². The third-order valence-corrected chi connectivity index (χ3v) is 8.63. The zero-order chi connectivity index (χ0) is 28.2. The van der Waals surface area contributed by atoms with Gasteiger partial charge in [0.15, 0.2) is 0 Å². The van der Waals surface area contributed by atoms with Gasteiger partial charge in [0.1, 0.15) is 11.5 Å². The third-order valence-electron chi connectivity index (χ3n) is 8.63. The maximum absolute atomic E-state index is 5.43. The highest BCUT2D eigenvalue weighted by Crippen LogP contribution is 2.44. The van der Waals surface area contributed by atoms with Crippen molar-refractivity contribution in [3.63, 3.8) is 0 Å². The molecule has 8 aromatic carbocycles. The van der Waals surface area contributed by atoms with Crippen molar-refractivity contribution in [3.8, 4) is 33.8 Å². The third kappa shape index (κ3) is 3.73. The van der Waals surface area contributed by atoms with Crippen LogP contribution in [0.1, 0.15) is 0 Å². The Balaban J connectivity index is 1.50. The molecule has 0 saturated carbocycles. The van der Waals surface area contributed by atoms with Crippen LogP contribution in [0.4, 0.5) is 0 Å². The van der Waals surface area contributed by atoms with E-state index in [0.29, 0.717) is 0 Å². The average Bonchev–Trinajstić information content (AvgIpc) is 3.07. The number of fused-ring (bicyclic) bond motifs is 9. The summed E-state index contributed by atoms with van der Waals surface area (Å²) in [6.45, 7) is 0. The van der Waals surface area contributed by atoms with E-state index in [0.717, 1.165) is 11.5 Å². The summed E-state index contributed by atoms with van der Waals surface area (Å²) in [6.07, 6.45) is 0. The molecule has 2 nitrogen and oxygen atoms in total. The summed E-state index contributed by atoms with van der Waals surface area (Å²) in [5.74, 6) is 1.73. The molecule has 2 heteroatoms. The minimum Gasteiger partial charge on any atom is -0.497 e. The molecule has 0 aliphatic heterocycles. The number of hydrogen-bond donors (Lipinski definition) is 0. The van der Waals surface area contributed by atoms with Crippen molar-refractivity contribution >= 4 is 53.9 Å². The Kier molecular flexibility index (Phi) is 5.61. The first-order valence-corrected chi connectivity index (χ1v) is 14.2. The van der Waals surface area contributed by atoms with E-state index in [-0.39, 0.29) is 0 Å². The minimum atomic E-state index is 0.863. The Morgan fingerprint density at radius 3 is 1.14 bits per heavy atom. The standard InChI is InChI=1S/C40H28O2/c1-41-30-19-15-25(16-20-30)36-23-28-13-11-27-12-14-29-24-37(26-17-21-31(42-2)22-18-26)33-8-4-6-10-35(33)39(29)40(27)38(28)34-9-5-3-7-32(34)36/h3-24H,1-2H3. The molecule has 0 atom stereocenters. The molecule has 42 heavy (non-hydrogen) atoms. The second kappa shape index (κ2) is 9.64. The van der Waals surface area contributed by atoms with Crippen LogP contribution < -0.4 is 9.47 Å². The number of hydrogen-bond acceptors (Lipinski definition) is 2. The van der Waals surface area contributed by atoms with Crippen LogP contribution in [0.2, 0.25) is 0 Å². The van der Waals surface area contributed by atoms with Crippen LogP contribution in [-0.2, 0) is 0 Å². The van der Waals surface area contributed by atoms with Crippen LogP contribution in [0.3, 0.4) is 0 Å². The summed E-state index contributed by atoms with van der Waals surface area (Å²) in [6, 6.07) is 48.2. The molecule has 8 rings (SSSR count). The van der Waals surface area contributed by atoms with Gasteiger partial charge in [-0.15, -0.1) is 0 Å². The normalized spacial score (nSPS) is 11.6. The number of benzene rings is 8. The van der Waals surface area contributed by atoms with Crippen molar-refractivity contribution in [2.75, 3.05) is 14.2 Å². The van der Waals surface area contributed by atoms with Crippen LogP contribution >= 0.6 is 0 Å². The largest absolute Gasteiger partial charge is 0.497 e. The lowest BCUT2D eigenvalue weighted by Crippen LogP contribution is -1.90. The van der Waals surface area contributed by atoms with E-state index >= 15 is 0 Å². The zero-order valence-electron chi connectivity index (χ0n) is 23.5. The Morgan fingerprint density at radius 1 is 0.357 bits per heavy atom. The Morgan fingerprint density at radius 2 is 0.738 bits per heavy atom. The van der Waals surface area contributed by atoms with Gasteiger partial charge in [-0.1, -0.05) is 97.1 Å². The highest BCUT2D eigenvalue weighted by atomic mass is 16.5. The summed E-state index contributed by atoms with van der Waals surface area (Å²) >= 11 is 0. The van der Waals surface area contributed by atoms with Gasteiger partial charge in [-0.25, -0.2) is 0 Å². The van der Waals surface area contributed by atoms with Crippen LogP contribution in [0.25, 0.3) is 76.1 Å². The molecular formula is C40H28O2. The first-order valence-electron chi connectivity index (χ1n) is 14.2. The maximum atomic E-state index is 5.43. The van der Waals surface area contributed by atoms with Crippen LogP contribution in [-0.4, -0.2) is 14.2 Å². The van der Waals surface area contributed by atoms with E-state index in [2.05, 4.69) is 109 Å². The summed E-state index contributed by atoms with van der Waals surface area (Å²) < 4.78 is 10.9. The molecule has 0 radical (unpaired) electrons. The SMILES string of the molecule is COc1ccc(-c2cc3ccc4ccc5cc(-c6ccc(OC)cc6)c6ccccc6c5c4c3c3ccccc23)cc1. The predicted molar refractivity (Wildman–Crippen MR) is 178 cm³/mol. The molecule has 0 fully saturated rings. The van der Waals surface area contributed by atoms with Crippen molar-refractivity contribution in [1.82, 2.24) is 0 Å². The quantitative estimate of drug-likeness (QED) is 0.207. The lowest BCUT2D eigenvalue weighted by Gasteiger charge is -2.17. The molecule has 0 bridgehead atoms. The zero-order valence-corrected chi connectivity index (χ0v) is 23.5. The summed E-state index contributed by atoms with van der Waals surface area (Å²) in [7, 11) is 3.42. The first kappa shape index (κ1) is 24.5. The van der Waals surface area contributed by atoms with Gasteiger partial charge in [-0.3, -0.25) is 0 Å². The molecule has 0 heterocycles. The predicted octanol–water partition coefficient (Wildman–Crippen LogP) is 10.8. The van der Waals surface area contributed by atoms with E-state index in [1.165, 1.54) is 76.1 Å². The average molecular weight is 541 g/mol. The molecule has 0 N–H and O–H groups in total. The highest BCUT2D eigenvalue weighted by Gasteiger charge is 2.16. The first-order chi connectivity index (χ1) is 20.7. The van der Waals surface area contributed by atoms with Gasteiger partial charge in [-0.2, -0.15) is 0 Å².